The largest absolute Gasteiger partial charge is 0.472 e. The van der Waals surface area contributed by atoms with Gasteiger partial charge in [0.1, 0.15) is 19.3 Å². The van der Waals surface area contributed by atoms with Crippen molar-refractivity contribution in [1.82, 2.24) is 0 Å². The molecule has 19 heteroatoms. The van der Waals surface area contributed by atoms with Crippen LogP contribution in [0.2, 0.25) is 0 Å². The average Bonchev–Trinajstić information content (AvgIpc) is 0.930. The number of hydrogen-bond acceptors (Lipinski definition) is 15. The van der Waals surface area contributed by atoms with E-state index < -0.39 is 97.5 Å². The number of ether oxygens (including phenoxy) is 4. The van der Waals surface area contributed by atoms with E-state index in [1.54, 1.807) is 0 Å². The van der Waals surface area contributed by atoms with Crippen molar-refractivity contribution in [1.29, 1.82) is 0 Å². The van der Waals surface area contributed by atoms with Crippen LogP contribution in [-0.4, -0.2) is 96.7 Å². The van der Waals surface area contributed by atoms with Crippen molar-refractivity contribution >= 4 is 39.5 Å². The number of aliphatic hydroxyl groups is 1. The third-order valence-corrected chi connectivity index (χ3v) is 21.0. The highest BCUT2D eigenvalue weighted by molar-refractivity contribution is 7.47. The first kappa shape index (κ1) is 99.1. The van der Waals surface area contributed by atoms with Gasteiger partial charge >= 0.3 is 39.5 Å². The number of rotatable bonds is 80. The van der Waals surface area contributed by atoms with Gasteiger partial charge in [0.05, 0.1) is 26.4 Å². The summed E-state index contributed by atoms with van der Waals surface area (Å²) in [5.74, 6) is 0.121. The van der Waals surface area contributed by atoms with Crippen LogP contribution in [0.5, 0.6) is 0 Å². The maximum Gasteiger partial charge on any atom is 0.472 e. The molecule has 0 fully saturated rings. The number of hydrogen-bond donors (Lipinski definition) is 3. The molecule has 0 aromatic rings. The van der Waals surface area contributed by atoms with E-state index in [2.05, 4.69) is 48.5 Å². The van der Waals surface area contributed by atoms with E-state index >= 15 is 0 Å². The lowest BCUT2D eigenvalue weighted by atomic mass is 10.0. The van der Waals surface area contributed by atoms with E-state index in [-0.39, 0.29) is 25.7 Å². The molecule has 0 heterocycles. The van der Waals surface area contributed by atoms with Gasteiger partial charge < -0.3 is 33.8 Å². The highest BCUT2D eigenvalue weighted by Crippen LogP contribution is 2.45. The number of aliphatic hydroxyl groups excluding tert-OH is 1. The first-order chi connectivity index (χ1) is 48.7. The van der Waals surface area contributed by atoms with E-state index in [4.69, 9.17) is 37.0 Å². The molecular weight excluding hydrogens is 1320 g/mol. The predicted octanol–water partition coefficient (Wildman–Crippen LogP) is 24.5. The summed E-state index contributed by atoms with van der Waals surface area (Å²) in [5, 5.41) is 10.6. The summed E-state index contributed by atoms with van der Waals surface area (Å²) >= 11 is 0. The second-order valence-corrected chi connectivity index (χ2v) is 33.8. The van der Waals surface area contributed by atoms with Gasteiger partial charge in [-0.1, -0.05) is 376 Å². The minimum atomic E-state index is -4.96. The summed E-state index contributed by atoms with van der Waals surface area (Å²) in [6, 6.07) is 0. The Morgan fingerprint density at radius 1 is 0.267 bits per heavy atom. The van der Waals surface area contributed by atoms with Gasteiger partial charge in [-0.25, -0.2) is 9.13 Å². The Bertz CT molecular complexity index is 1960. The number of unbranched alkanes of at least 4 members (excludes halogenated alkanes) is 48. The van der Waals surface area contributed by atoms with Gasteiger partial charge in [-0.3, -0.25) is 37.3 Å². The molecule has 0 aliphatic heterocycles. The van der Waals surface area contributed by atoms with Crippen molar-refractivity contribution in [3.8, 4) is 0 Å². The van der Waals surface area contributed by atoms with Crippen LogP contribution in [0.25, 0.3) is 0 Å². The van der Waals surface area contributed by atoms with Crippen LogP contribution in [0, 0.1) is 17.8 Å². The molecule has 0 rings (SSSR count). The van der Waals surface area contributed by atoms with Gasteiger partial charge in [-0.15, -0.1) is 0 Å². The van der Waals surface area contributed by atoms with Crippen LogP contribution in [0.3, 0.4) is 0 Å². The standard InChI is InChI=1S/C82H160O17P2/c1-8-9-10-11-12-13-14-15-16-17-18-19-20-21-26-29-32-35-43-51-58-65-81(86)98-77(69-92-79(84)63-56-49-42-34-31-28-25-23-22-24-27-30-33-39-46-53-60-73(2)3)71-96-100(88,89)94-67-76(83)68-95-101(90,91)97-72-78(70-93-80(85)64-57-50-45-38-41-48-55-62-75(6)7)99-82(87)66-59-52-44-37-36-40-47-54-61-74(4)5/h73-78,83H,8-72H2,1-7H3,(H,88,89)(H,90,91)/t76-,77-,78-/m1/s1. The molecule has 0 aliphatic rings. The molecule has 0 radical (unpaired) electrons. The normalized spacial score (nSPS) is 14.0. The lowest BCUT2D eigenvalue weighted by molar-refractivity contribution is -0.161. The summed E-state index contributed by atoms with van der Waals surface area (Å²) in [7, 11) is -9.92. The van der Waals surface area contributed by atoms with Crippen molar-refractivity contribution in [2.24, 2.45) is 17.8 Å². The lowest BCUT2D eigenvalue weighted by Crippen LogP contribution is -2.30. The van der Waals surface area contributed by atoms with Crippen molar-refractivity contribution < 1.29 is 80.2 Å². The van der Waals surface area contributed by atoms with E-state index in [0.717, 1.165) is 108 Å². The number of phosphoric ester groups is 2. The third-order valence-electron chi connectivity index (χ3n) is 19.1. The molecule has 0 aliphatic carbocycles. The van der Waals surface area contributed by atoms with Crippen molar-refractivity contribution in [2.45, 2.75) is 446 Å². The highest BCUT2D eigenvalue weighted by Gasteiger charge is 2.30. The van der Waals surface area contributed by atoms with Gasteiger partial charge in [0.25, 0.3) is 0 Å². The highest BCUT2D eigenvalue weighted by atomic mass is 31.2. The van der Waals surface area contributed by atoms with Crippen molar-refractivity contribution in [3.05, 3.63) is 0 Å². The molecule has 2 unspecified atom stereocenters. The van der Waals surface area contributed by atoms with E-state index in [1.807, 2.05) is 0 Å². The monoisotopic (exact) mass is 1480 g/mol. The molecule has 0 spiro atoms. The van der Waals surface area contributed by atoms with Crippen molar-refractivity contribution in [2.75, 3.05) is 39.6 Å². The molecule has 0 aromatic heterocycles. The summed E-state index contributed by atoms with van der Waals surface area (Å²) in [4.78, 5) is 73.0. The smallest absolute Gasteiger partial charge is 0.462 e. The van der Waals surface area contributed by atoms with Crippen LogP contribution in [-0.2, 0) is 65.4 Å². The molecule has 0 bridgehead atoms. The third kappa shape index (κ3) is 76.1. The molecular formula is C82H160O17P2. The zero-order valence-electron chi connectivity index (χ0n) is 66.4. The SMILES string of the molecule is CCCCCCCCCCCCCCCCCCCCCCCC(=O)O[C@H](COC(=O)CCCCCCCCCCCCCCCCCCC(C)C)COP(=O)(O)OC[C@@H](O)COP(=O)(O)OC[C@@H](COC(=O)CCCCCCCCCC(C)C)OC(=O)CCCCCCCCCCC(C)C. The van der Waals surface area contributed by atoms with Gasteiger partial charge in [0, 0.05) is 25.7 Å². The number of esters is 4. The van der Waals surface area contributed by atoms with Gasteiger partial charge in [0.2, 0.25) is 0 Å². The lowest BCUT2D eigenvalue weighted by Gasteiger charge is -2.21. The van der Waals surface area contributed by atoms with Gasteiger partial charge in [-0.2, -0.15) is 0 Å². The molecule has 101 heavy (non-hydrogen) atoms. The minimum Gasteiger partial charge on any atom is -0.462 e. The van der Waals surface area contributed by atoms with Crippen LogP contribution in [0.1, 0.15) is 427 Å². The Kier molecular flexibility index (Phi) is 70.9. The van der Waals surface area contributed by atoms with Gasteiger partial charge in [-0.05, 0) is 43.4 Å². The Morgan fingerprint density at radius 3 is 0.673 bits per heavy atom. The van der Waals surface area contributed by atoms with Crippen molar-refractivity contribution in [3.63, 3.8) is 0 Å². The first-order valence-corrected chi connectivity index (χ1v) is 45.3. The summed E-state index contributed by atoms with van der Waals surface area (Å²) in [6.45, 7) is 11.9. The first-order valence-electron chi connectivity index (χ1n) is 42.3. The molecule has 0 saturated carbocycles. The average molecular weight is 1480 g/mol. The Morgan fingerprint density at radius 2 is 0.455 bits per heavy atom. The number of carbonyl (C=O) groups is 4. The molecule has 0 amide bonds. The molecule has 17 nitrogen and oxygen atoms in total. The van der Waals surface area contributed by atoms with Crippen LogP contribution in [0.4, 0.5) is 0 Å². The summed E-state index contributed by atoms with van der Waals surface area (Å²) in [5.41, 5.74) is 0. The van der Waals surface area contributed by atoms with E-state index in [0.29, 0.717) is 31.6 Å². The maximum atomic E-state index is 13.1. The summed E-state index contributed by atoms with van der Waals surface area (Å²) < 4.78 is 68.7. The Balaban J connectivity index is 5.20. The maximum absolute atomic E-state index is 13.1. The molecule has 5 atom stereocenters. The van der Waals surface area contributed by atoms with Crippen LogP contribution in [0.15, 0.2) is 0 Å². The molecule has 0 aromatic carbocycles. The molecule has 600 valence electrons. The predicted molar refractivity (Wildman–Crippen MR) is 414 cm³/mol. The summed E-state index contributed by atoms with van der Waals surface area (Å²) in [6.07, 6.45) is 61.4. The fraction of sp³-hybridized carbons (Fsp3) is 0.951. The fourth-order valence-electron chi connectivity index (χ4n) is 12.7. The zero-order chi connectivity index (χ0) is 74.4. The fourth-order valence-corrected chi connectivity index (χ4v) is 14.2. The molecule has 0 saturated heterocycles. The minimum absolute atomic E-state index is 0.104. The second-order valence-electron chi connectivity index (χ2n) is 30.9. The quantitative estimate of drug-likeness (QED) is 0.0222. The van der Waals surface area contributed by atoms with E-state index in [1.165, 1.54) is 231 Å². The van der Waals surface area contributed by atoms with Gasteiger partial charge in [0.15, 0.2) is 12.2 Å². The van der Waals surface area contributed by atoms with E-state index in [9.17, 15) is 43.2 Å². The number of phosphoric acid groups is 2. The second kappa shape index (κ2) is 72.3. The number of carbonyl (C=O) groups excluding carboxylic acids is 4. The topological polar surface area (TPSA) is 237 Å². The zero-order valence-corrected chi connectivity index (χ0v) is 68.2. The Hall–Kier alpha value is -1.94. The Labute approximate surface area is 619 Å². The van der Waals surface area contributed by atoms with Crippen LogP contribution < -0.4 is 0 Å². The molecule has 3 N–H and O–H groups in total. The van der Waals surface area contributed by atoms with Crippen LogP contribution >= 0.6 is 15.6 Å².